The normalized spacial score (nSPS) is 14.5. The Kier molecular flexibility index (Phi) is 4.03. The van der Waals surface area contributed by atoms with Crippen molar-refractivity contribution >= 4 is 45.7 Å². The van der Waals surface area contributed by atoms with Crippen molar-refractivity contribution in [2.24, 2.45) is 0 Å². The summed E-state index contributed by atoms with van der Waals surface area (Å²) in [6.45, 7) is 0.673. The minimum atomic E-state index is -0.0656. The molecule has 0 saturated carbocycles. The van der Waals surface area contributed by atoms with Crippen LogP contribution in [0.3, 0.4) is 0 Å². The molecule has 4 aromatic rings. The van der Waals surface area contributed by atoms with Gasteiger partial charge in [0.1, 0.15) is 0 Å². The van der Waals surface area contributed by atoms with Crippen LogP contribution in [0.4, 0.5) is 5.69 Å². The molecule has 0 aliphatic carbocycles. The van der Waals surface area contributed by atoms with Crippen LogP contribution in [0.25, 0.3) is 22.6 Å². The number of halogens is 1. The molecule has 0 bridgehead atoms. The highest BCUT2D eigenvalue weighted by Crippen LogP contribution is 2.34. The van der Waals surface area contributed by atoms with Crippen molar-refractivity contribution in [1.29, 1.82) is 0 Å². The van der Waals surface area contributed by atoms with Crippen molar-refractivity contribution in [3.8, 4) is 0 Å². The van der Waals surface area contributed by atoms with E-state index in [1.165, 1.54) is 0 Å². The second-order valence-electron chi connectivity index (χ2n) is 6.88. The van der Waals surface area contributed by atoms with E-state index >= 15 is 0 Å². The summed E-state index contributed by atoms with van der Waals surface area (Å²) in [5, 5.41) is 4.80. The van der Waals surface area contributed by atoms with Gasteiger partial charge in [-0.15, -0.1) is 0 Å². The predicted octanol–water partition coefficient (Wildman–Crippen LogP) is 5.84. The molecule has 136 valence electrons. The maximum Gasteiger partial charge on any atom is 0.256 e. The third-order valence-corrected chi connectivity index (χ3v) is 5.50. The lowest BCUT2D eigenvalue weighted by atomic mass is 10.0. The molecule has 2 heterocycles. The van der Waals surface area contributed by atoms with Gasteiger partial charge in [-0.2, -0.15) is 0 Å². The molecule has 1 amide bonds. The monoisotopic (exact) mass is 384 g/mol. The Hall–Kier alpha value is -3.30. The summed E-state index contributed by atoms with van der Waals surface area (Å²) in [7, 11) is 0. The van der Waals surface area contributed by atoms with Gasteiger partial charge in [-0.1, -0.05) is 66.2 Å². The molecular weight excluding hydrogens is 368 g/mol. The molecule has 5 rings (SSSR count). The number of rotatable bonds is 3. The van der Waals surface area contributed by atoms with Gasteiger partial charge >= 0.3 is 0 Å². The fraction of sp³-hybridized carbons (Fsp3) is 0.0417. The number of benzene rings is 3. The molecule has 1 aliphatic rings. The van der Waals surface area contributed by atoms with Gasteiger partial charge in [0, 0.05) is 51.1 Å². The van der Waals surface area contributed by atoms with Crippen LogP contribution in [0.2, 0.25) is 5.02 Å². The lowest BCUT2D eigenvalue weighted by Gasteiger charge is -2.07. The summed E-state index contributed by atoms with van der Waals surface area (Å²) < 4.78 is 2.18. The summed E-state index contributed by atoms with van der Waals surface area (Å²) in [6.07, 6.45) is 4.07. The zero-order valence-electron chi connectivity index (χ0n) is 15.0. The van der Waals surface area contributed by atoms with E-state index in [2.05, 4.69) is 28.2 Å². The van der Waals surface area contributed by atoms with Crippen molar-refractivity contribution < 1.29 is 4.79 Å². The second-order valence-corrected chi connectivity index (χ2v) is 7.29. The Labute approximate surface area is 167 Å². The Morgan fingerprint density at radius 1 is 0.929 bits per heavy atom. The van der Waals surface area contributed by atoms with E-state index < -0.39 is 0 Å². The summed E-state index contributed by atoms with van der Waals surface area (Å²) in [4.78, 5) is 12.5. The summed E-state index contributed by atoms with van der Waals surface area (Å²) in [5.41, 5.74) is 5.68. The van der Waals surface area contributed by atoms with Gasteiger partial charge in [0.15, 0.2) is 0 Å². The van der Waals surface area contributed by atoms with Crippen molar-refractivity contribution in [3.05, 3.63) is 101 Å². The number of hydrogen-bond acceptors (Lipinski definition) is 1. The van der Waals surface area contributed by atoms with Gasteiger partial charge in [-0.3, -0.25) is 4.79 Å². The van der Waals surface area contributed by atoms with Crippen LogP contribution in [0.5, 0.6) is 0 Å². The average molecular weight is 385 g/mol. The molecule has 0 saturated heterocycles. The van der Waals surface area contributed by atoms with Crippen molar-refractivity contribution in [2.45, 2.75) is 6.54 Å². The topological polar surface area (TPSA) is 34.0 Å². The standard InChI is InChI=1S/C24H17ClN2O/c25-21-10-4-1-7-16(21)14-27-15-17(18-8-3-6-12-23(18)27)13-20-19-9-2-5-11-22(19)26-24(20)28/h1-13,15H,14H2,(H,26,28). The van der Waals surface area contributed by atoms with Crippen LogP contribution in [0.15, 0.2) is 79.0 Å². The molecule has 0 unspecified atom stereocenters. The molecule has 28 heavy (non-hydrogen) atoms. The smallest absolute Gasteiger partial charge is 0.256 e. The first-order valence-corrected chi connectivity index (χ1v) is 9.52. The van der Waals surface area contributed by atoms with Gasteiger partial charge in [-0.05, 0) is 29.8 Å². The average Bonchev–Trinajstić information content (AvgIpc) is 3.22. The van der Waals surface area contributed by atoms with Gasteiger partial charge in [-0.25, -0.2) is 0 Å². The fourth-order valence-corrected chi connectivity index (χ4v) is 3.96. The Morgan fingerprint density at radius 3 is 2.57 bits per heavy atom. The van der Waals surface area contributed by atoms with E-state index in [1.54, 1.807) is 0 Å². The van der Waals surface area contributed by atoms with Gasteiger partial charge in [0.05, 0.1) is 0 Å². The van der Waals surface area contributed by atoms with E-state index in [0.29, 0.717) is 12.1 Å². The van der Waals surface area contributed by atoms with Crippen LogP contribution in [0, 0.1) is 0 Å². The van der Waals surface area contributed by atoms with Crippen LogP contribution in [-0.2, 0) is 11.3 Å². The molecular formula is C24H17ClN2O. The summed E-state index contributed by atoms with van der Waals surface area (Å²) in [5.74, 6) is -0.0656. The number of hydrogen-bond donors (Lipinski definition) is 1. The molecule has 0 spiro atoms. The molecule has 0 fully saturated rings. The third-order valence-electron chi connectivity index (χ3n) is 5.13. The Balaban J connectivity index is 1.64. The quantitative estimate of drug-likeness (QED) is 0.442. The molecule has 1 aliphatic heterocycles. The first kappa shape index (κ1) is 16.8. The lowest BCUT2D eigenvalue weighted by Crippen LogP contribution is -2.03. The Bertz CT molecular complexity index is 1250. The predicted molar refractivity (Wildman–Crippen MR) is 115 cm³/mol. The molecule has 0 atom stereocenters. The second kappa shape index (κ2) is 6.70. The van der Waals surface area contributed by atoms with E-state index in [1.807, 2.05) is 66.7 Å². The molecule has 4 heteroatoms. The third kappa shape index (κ3) is 2.81. The molecule has 1 aromatic heterocycles. The minimum absolute atomic E-state index is 0.0656. The highest BCUT2D eigenvalue weighted by molar-refractivity contribution is 6.35. The number of amides is 1. The van der Waals surface area contributed by atoms with Crippen LogP contribution >= 0.6 is 11.6 Å². The Morgan fingerprint density at radius 2 is 1.68 bits per heavy atom. The lowest BCUT2D eigenvalue weighted by molar-refractivity contribution is -0.110. The highest BCUT2D eigenvalue weighted by Gasteiger charge is 2.24. The van der Waals surface area contributed by atoms with E-state index in [-0.39, 0.29) is 5.91 Å². The largest absolute Gasteiger partial charge is 0.342 e. The maximum absolute atomic E-state index is 12.5. The van der Waals surface area contributed by atoms with Crippen molar-refractivity contribution in [1.82, 2.24) is 4.57 Å². The number of anilines is 1. The maximum atomic E-state index is 12.5. The van der Waals surface area contributed by atoms with Gasteiger partial charge in [0.2, 0.25) is 0 Å². The van der Waals surface area contributed by atoms with E-state index in [0.717, 1.165) is 38.3 Å². The minimum Gasteiger partial charge on any atom is -0.342 e. The van der Waals surface area contributed by atoms with Crippen LogP contribution in [0.1, 0.15) is 16.7 Å². The van der Waals surface area contributed by atoms with E-state index in [9.17, 15) is 4.79 Å². The van der Waals surface area contributed by atoms with Gasteiger partial charge in [0.25, 0.3) is 5.91 Å². The number of carbonyl (C=O) groups excluding carboxylic acids is 1. The summed E-state index contributed by atoms with van der Waals surface area (Å²) >= 11 is 6.37. The molecule has 1 N–H and O–H groups in total. The summed E-state index contributed by atoms with van der Waals surface area (Å²) in [6, 6.07) is 23.9. The number of para-hydroxylation sites is 2. The highest BCUT2D eigenvalue weighted by atomic mass is 35.5. The number of nitrogens with zero attached hydrogens (tertiary/aromatic N) is 1. The van der Waals surface area contributed by atoms with Crippen molar-refractivity contribution in [3.63, 3.8) is 0 Å². The SMILES string of the molecule is O=C1Nc2ccccc2C1=Cc1cn(Cc2ccccc2Cl)c2ccccc12. The molecule has 0 radical (unpaired) electrons. The first-order valence-electron chi connectivity index (χ1n) is 9.14. The zero-order valence-corrected chi connectivity index (χ0v) is 15.8. The number of aromatic nitrogens is 1. The van der Waals surface area contributed by atoms with Crippen LogP contribution < -0.4 is 5.32 Å². The molecule has 3 nitrogen and oxygen atoms in total. The molecule has 3 aromatic carbocycles. The number of fused-ring (bicyclic) bond motifs is 2. The van der Waals surface area contributed by atoms with Crippen LogP contribution in [-0.4, -0.2) is 10.5 Å². The zero-order chi connectivity index (χ0) is 19.1. The first-order chi connectivity index (χ1) is 13.7. The number of nitrogens with one attached hydrogen (secondary N) is 1. The van der Waals surface area contributed by atoms with E-state index in [4.69, 9.17) is 11.6 Å². The fourth-order valence-electron chi connectivity index (χ4n) is 3.77. The van der Waals surface area contributed by atoms with Crippen molar-refractivity contribution in [2.75, 3.05) is 5.32 Å². The number of carbonyl (C=O) groups is 1. The van der Waals surface area contributed by atoms with Gasteiger partial charge < -0.3 is 9.88 Å².